The average molecular weight is 326 g/mol. The topological polar surface area (TPSA) is 88.7 Å². The van der Waals surface area contributed by atoms with Gasteiger partial charge in [-0.3, -0.25) is 5.32 Å². The van der Waals surface area contributed by atoms with Gasteiger partial charge in [-0.25, -0.2) is 9.79 Å². The van der Waals surface area contributed by atoms with Crippen LogP contribution in [0.25, 0.3) is 0 Å². The zero-order valence-corrected chi connectivity index (χ0v) is 13.9. The number of hydrogen-bond donors (Lipinski definition) is 3. The number of amides is 1. The van der Waals surface area contributed by atoms with Gasteiger partial charge in [-0.2, -0.15) is 0 Å². The zero-order chi connectivity index (χ0) is 17.4. The van der Waals surface area contributed by atoms with Gasteiger partial charge in [0.2, 0.25) is 0 Å². The lowest BCUT2D eigenvalue weighted by Crippen LogP contribution is -2.22. The van der Waals surface area contributed by atoms with E-state index in [-0.39, 0.29) is 0 Å². The molecule has 24 heavy (non-hydrogen) atoms. The Kier molecular flexibility index (Phi) is 6.19. The molecule has 0 aliphatic carbocycles. The highest BCUT2D eigenvalue weighted by molar-refractivity contribution is 5.92. The number of methoxy groups -OCH3 is 1. The van der Waals surface area contributed by atoms with E-state index in [2.05, 4.69) is 39.4 Å². The van der Waals surface area contributed by atoms with Crippen molar-refractivity contribution in [1.29, 1.82) is 0 Å². The molecule has 0 spiro atoms. The molecule has 0 aliphatic heterocycles. The number of hydrogen-bond acceptors (Lipinski definition) is 3. The molecule has 0 aromatic heterocycles. The molecule has 0 radical (unpaired) electrons. The first-order chi connectivity index (χ1) is 11.6. The van der Waals surface area contributed by atoms with Gasteiger partial charge in [-0.1, -0.05) is 31.2 Å². The molecule has 2 aromatic rings. The van der Waals surface area contributed by atoms with Gasteiger partial charge in [0.25, 0.3) is 0 Å². The van der Waals surface area contributed by atoms with E-state index in [1.807, 2.05) is 24.3 Å². The fraction of sp³-hybridized carbons (Fsp3) is 0.222. The Bertz CT molecular complexity index is 711. The number of carbonyl (C=O) groups is 1. The van der Waals surface area contributed by atoms with E-state index in [1.165, 1.54) is 12.7 Å². The maximum Gasteiger partial charge on any atom is 0.411 e. The standard InChI is InChI=1S/C18H22N4O2/c1-3-13-5-4-6-16(11-13)21-17(19)20-12-14-7-9-15(10-8-14)22-18(23)24-2/h4-11H,3,12H2,1-2H3,(H,22,23)(H3,19,20,21). The third-order valence-corrected chi connectivity index (χ3v) is 3.43. The summed E-state index contributed by atoms with van der Waals surface area (Å²) < 4.78 is 4.54. The number of nitrogens with zero attached hydrogens (tertiary/aromatic N) is 1. The predicted octanol–water partition coefficient (Wildman–Crippen LogP) is 3.35. The number of ether oxygens (including phenoxy) is 1. The van der Waals surface area contributed by atoms with E-state index >= 15 is 0 Å². The maximum atomic E-state index is 11.1. The molecule has 126 valence electrons. The molecule has 2 aromatic carbocycles. The molecule has 6 heteroatoms. The van der Waals surface area contributed by atoms with Crippen LogP contribution in [-0.4, -0.2) is 19.2 Å². The molecule has 0 bridgehead atoms. The minimum Gasteiger partial charge on any atom is -0.453 e. The quantitative estimate of drug-likeness (QED) is 0.580. The first-order valence-corrected chi connectivity index (χ1v) is 7.70. The van der Waals surface area contributed by atoms with E-state index in [1.54, 1.807) is 12.1 Å². The normalized spacial score (nSPS) is 11.0. The Morgan fingerprint density at radius 2 is 1.83 bits per heavy atom. The van der Waals surface area contributed by atoms with Gasteiger partial charge in [0, 0.05) is 11.4 Å². The molecule has 0 fully saturated rings. The Morgan fingerprint density at radius 1 is 1.08 bits per heavy atom. The van der Waals surface area contributed by atoms with Crippen LogP contribution >= 0.6 is 0 Å². The summed E-state index contributed by atoms with van der Waals surface area (Å²) in [5, 5.41) is 5.68. The Hall–Kier alpha value is -3.02. The van der Waals surface area contributed by atoms with Crippen LogP contribution in [0, 0.1) is 0 Å². The molecular formula is C18H22N4O2. The second-order valence-corrected chi connectivity index (χ2v) is 5.19. The van der Waals surface area contributed by atoms with E-state index in [0.717, 1.165) is 17.7 Å². The average Bonchev–Trinajstić information content (AvgIpc) is 2.61. The third kappa shape index (κ3) is 5.31. The van der Waals surface area contributed by atoms with Crippen LogP contribution in [0.1, 0.15) is 18.1 Å². The van der Waals surface area contributed by atoms with Gasteiger partial charge in [0.05, 0.1) is 13.7 Å². The van der Waals surface area contributed by atoms with Crippen molar-refractivity contribution in [3.05, 3.63) is 59.7 Å². The van der Waals surface area contributed by atoms with E-state index < -0.39 is 6.09 Å². The summed E-state index contributed by atoms with van der Waals surface area (Å²) in [7, 11) is 1.32. The van der Waals surface area contributed by atoms with Crippen molar-refractivity contribution in [2.45, 2.75) is 19.9 Å². The number of guanidine groups is 1. The van der Waals surface area contributed by atoms with Crippen LogP contribution in [-0.2, 0) is 17.7 Å². The summed E-state index contributed by atoms with van der Waals surface area (Å²) in [4.78, 5) is 15.4. The van der Waals surface area contributed by atoms with Crippen LogP contribution in [0.15, 0.2) is 53.5 Å². The molecule has 0 aliphatic rings. The molecule has 1 amide bonds. The molecule has 4 N–H and O–H groups in total. The van der Waals surface area contributed by atoms with Gasteiger partial charge < -0.3 is 15.8 Å². The second kappa shape index (κ2) is 8.57. The number of anilines is 2. The van der Waals surface area contributed by atoms with Crippen LogP contribution in [0.2, 0.25) is 0 Å². The van der Waals surface area contributed by atoms with Gasteiger partial charge >= 0.3 is 6.09 Å². The number of carbonyl (C=O) groups excluding carboxylic acids is 1. The Balaban J connectivity index is 1.93. The Morgan fingerprint density at radius 3 is 2.50 bits per heavy atom. The van der Waals surface area contributed by atoms with Crippen molar-refractivity contribution in [3.8, 4) is 0 Å². The molecule has 0 unspecified atom stereocenters. The first-order valence-electron chi connectivity index (χ1n) is 7.70. The largest absolute Gasteiger partial charge is 0.453 e. The predicted molar refractivity (Wildman–Crippen MR) is 97.2 cm³/mol. The molecular weight excluding hydrogens is 304 g/mol. The number of nitrogens with one attached hydrogen (secondary N) is 2. The summed E-state index contributed by atoms with van der Waals surface area (Å²) in [6.45, 7) is 2.56. The lowest BCUT2D eigenvalue weighted by atomic mass is 10.1. The summed E-state index contributed by atoms with van der Waals surface area (Å²) >= 11 is 0. The van der Waals surface area contributed by atoms with Crippen molar-refractivity contribution in [2.75, 3.05) is 17.7 Å². The van der Waals surface area contributed by atoms with Crippen LogP contribution in [0.3, 0.4) is 0 Å². The summed E-state index contributed by atoms with van der Waals surface area (Å²) in [5.74, 6) is 0.361. The fourth-order valence-electron chi connectivity index (χ4n) is 2.10. The fourth-order valence-corrected chi connectivity index (χ4v) is 2.10. The Labute approximate surface area is 141 Å². The highest BCUT2D eigenvalue weighted by Crippen LogP contribution is 2.12. The minimum atomic E-state index is -0.497. The molecule has 0 saturated carbocycles. The maximum absolute atomic E-state index is 11.1. The smallest absolute Gasteiger partial charge is 0.411 e. The molecule has 0 saturated heterocycles. The van der Waals surface area contributed by atoms with E-state index in [0.29, 0.717) is 18.2 Å². The molecule has 6 nitrogen and oxygen atoms in total. The van der Waals surface area contributed by atoms with Crippen LogP contribution < -0.4 is 16.4 Å². The molecule has 2 rings (SSSR count). The van der Waals surface area contributed by atoms with E-state index in [4.69, 9.17) is 5.73 Å². The molecule has 0 atom stereocenters. The van der Waals surface area contributed by atoms with Crippen molar-refractivity contribution >= 4 is 23.4 Å². The van der Waals surface area contributed by atoms with Crippen molar-refractivity contribution < 1.29 is 9.53 Å². The van der Waals surface area contributed by atoms with Gasteiger partial charge in [0.1, 0.15) is 0 Å². The SMILES string of the molecule is CCc1cccc(NC(N)=NCc2ccc(NC(=O)OC)cc2)c1. The van der Waals surface area contributed by atoms with Crippen molar-refractivity contribution in [1.82, 2.24) is 0 Å². The zero-order valence-electron chi connectivity index (χ0n) is 13.9. The number of aliphatic imine (C=N–C) groups is 1. The number of nitrogens with two attached hydrogens (primary N) is 1. The minimum absolute atomic E-state index is 0.361. The number of benzene rings is 2. The number of aryl methyl sites for hydroxylation is 1. The van der Waals surface area contributed by atoms with E-state index in [9.17, 15) is 4.79 Å². The molecule has 0 heterocycles. The van der Waals surface area contributed by atoms with Crippen molar-refractivity contribution in [2.24, 2.45) is 10.7 Å². The monoisotopic (exact) mass is 326 g/mol. The van der Waals surface area contributed by atoms with Crippen molar-refractivity contribution in [3.63, 3.8) is 0 Å². The third-order valence-electron chi connectivity index (χ3n) is 3.43. The first kappa shape index (κ1) is 17.3. The highest BCUT2D eigenvalue weighted by atomic mass is 16.5. The summed E-state index contributed by atoms with van der Waals surface area (Å²) in [6, 6.07) is 15.4. The summed E-state index contributed by atoms with van der Waals surface area (Å²) in [5.41, 5.74) is 9.73. The lowest BCUT2D eigenvalue weighted by Gasteiger charge is -2.07. The van der Waals surface area contributed by atoms with Gasteiger partial charge in [-0.05, 0) is 41.8 Å². The second-order valence-electron chi connectivity index (χ2n) is 5.19. The number of rotatable bonds is 5. The lowest BCUT2D eigenvalue weighted by molar-refractivity contribution is 0.187. The van der Waals surface area contributed by atoms with Gasteiger partial charge in [-0.15, -0.1) is 0 Å². The highest BCUT2D eigenvalue weighted by Gasteiger charge is 2.01. The van der Waals surface area contributed by atoms with Gasteiger partial charge in [0.15, 0.2) is 5.96 Å². The van der Waals surface area contributed by atoms with Crippen LogP contribution in [0.4, 0.5) is 16.2 Å². The summed E-state index contributed by atoms with van der Waals surface area (Å²) in [6.07, 6.45) is 0.474. The van der Waals surface area contributed by atoms with Crippen LogP contribution in [0.5, 0.6) is 0 Å².